The van der Waals surface area contributed by atoms with E-state index in [1.54, 1.807) is 0 Å². The summed E-state index contributed by atoms with van der Waals surface area (Å²) in [5, 5.41) is 13.1. The number of hydrogen-bond donors (Lipinski definition) is 1. The number of carbonyl (C=O) groups is 1. The van der Waals surface area contributed by atoms with E-state index in [2.05, 4.69) is 53.1 Å². The maximum Gasteiger partial charge on any atom is 0.412 e. The molecule has 0 aliphatic rings. The SMILES string of the molecule is CNC(=O)Oc1c(Br)cc(Br)c([N+](=O)[O-])c1Br. The quantitative estimate of drug-likeness (QED) is 0.572. The van der Waals surface area contributed by atoms with Crippen molar-refractivity contribution in [3.05, 3.63) is 29.6 Å². The largest absolute Gasteiger partial charge is 0.412 e. The second-order valence-corrected chi connectivity index (χ2v) is 5.23. The van der Waals surface area contributed by atoms with Crippen LogP contribution >= 0.6 is 47.8 Å². The van der Waals surface area contributed by atoms with Crippen LogP contribution in [0.4, 0.5) is 10.5 Å². The highest BCUT2D eigenvalue weighted by Crippen LogP contribution is 2.44. The highest BCUT2D eigenvalue weighted by Gasteiger charge is 2.25. The molecule has 1 rings (SSSR count). The van der Waals surface area contributed by atoms with Gasteiger partial charge < -0.3 is 10.1 Å². The van der Waals surface area contributed by atoms with E-state index in [0.29, 0.717) is 4.47 Å². The Morgan fingerprint density at radius 2 is 2.00 bits per heavy atom. The molecule has 0 bridgehead atoms. The molecule has 1 aromatic carbocycles. The van der Waals surface area contributed by atoms with Gasteiger partial charge in [-0.2, -0.15) is 0 Å². The van der Waals surface area contributed by atoms with Crippen molar-refractivity contribution in [1.82, 2.24) is 5.32 Å². The highest BCUT2D eigenvalue weighted by atomic mass is 79.9. The molecular weight excluding hydrogens is 428 g/mol. The number of benzene rings is 1. The van der Waals surface area contributed by atoms with Crippen molar-refractivity contribution in [2.24, 2.45) is 0 Å². The smallest absolute Gasteiger partial charge is 0.408 e. The maximum absolute atomic E-state index is 11.1. The lowest BCUT2D eigenvalue weighted by Gasteiger charge is -2.09. The van der Waals surface area contributed by atoms with Crippen LogP contribution in [0.25, 0.3) is 0 Å². The van der Waals surface area contributed by atoms with Crippen LogP contribution in [0.3, 0.4) is 0 Å². The van der Waals surface area contributed by atoms with Crippen molar-refractivity contribution < 1.29 is 14.5 Å². The highest BCUT2D eigenvalue weighted by molar-refractivity contribution is 9.11. The Kier molecular flexibility index (Phi) is 4.90. The first-order valence-corrected chi connectivity index (χ1v) is 6.47. The molecule has 0 aromatic heterocycles. The van der Waals surface area contributed by atoms with Crippen LogP contribution in [0.1, 0.15) is 0 Å². The van der Waals surface area contributed by atoms with Gasteiger partial charge in [0.1, 0.15) is 4.47 Å². The van der Waals surface area contributed by atoms with Gasteiger partial charge in [0, 0.05) is 7.05 Å². The van der Waals surface area contributed by atoms with E-state index in [4.69, 9.17) is 4.74 Å². The molecule has 0 heterocycles. The molecule has 0 unspecified atom stereocenters. The minimum Gasteiger partial charge on any atom is -0.408 e. The van der Waals surface area contributed by atoms with E-state index in [9.17, 15) is 14.9 Å². The average molecular weight is 433 g/mol. The summed E-state index contributed by atoms with van der Waals surface area (Å²) in [5.74, 6) is 0.0410. The molecule has 6 nitrogen and oxygen atoms in total. The van der Waals surface area contributed by atoms with E-state index in [-0.39, 0.29) is 20.4 Å². The van der Waals surface area contributed by atoms with Crippen molar-refractivity contribution in [3.8, 4) is 5.75 Å². The van der Waals surface area contributed by atoms with Gasteiger partial charge in [-0.05, 0) is 53.9 Å². The fourth-order valence-electron chi connectivity index (χ4n) is 0.967. The predicted molar refractivity (Wildman–Crippen MR) is 71.3 cm³/mol. The van der Waals surface area contributed by atoms with Crippen molar-refractivity contribution in [3.63, 3.8) is 0 Å². The van der Waals surface area contributed by atoms with Crippen molar-refractivity contribution >= 4 is 59.6 Å². The molecule has 9 heteroatoms. The first-order valence-electron chi connectivity index (χ1n) is 4.10. The van der Waals surface area contributed by atoms with Crippen LogP contribution in [0, 0.1) is 10.1 Å². The first-order chi connectivity index (χ1) is 7.88. The Morgan fingerprint density at radius 3 is 2.47 bits per heavy atom. The van der Waals surface area contributed by atoms with Gasteiger partial charge >= 0.3 is 11.8 Å². The average Bonchev–Trinajstić information content (AvgIpc) is 2.22. The van der Waals surface area contributed by atoms with Crippen LogP contribution in [-0.4, -0.2) is 18.1 Å². The summed E-state index contributed by atoms with van der Waals surface area (Å²) in [4.78, 5) is 21.3. The van der Waals surface area contributed by atoms with Gasteiger partial charge in [0.05, 0.1) is 13.9 Å². The van der Waals surface area contributed by atoms with E-state index in [1.165, 1.54) is 13.1 Å². The molecule has 0 atom stereocenters. The van der Waals surface area contributed by atoms with E-state index in [1.807, 2.05) is 0 Å². The molecule has 1 N–H and O–H groups in total. The molecule has 0 fully saturated rings. The van der Waals surface area contributed by atoms with Crippen LogP contribution < -0.4 is 10.1 Å². The molecule has 1 aromatic rings. The van der Waals surface area contributed by atoms with Gasteiger partial charge in [-0.1, -0.05) is 0 Å². The Morgan fingerprint density at radius 1 is 1.41 bits per heavy atom. The lowest BCUT2D eigenvalue weighted by atomic mass is 10.3. The topological polar surface area (TPSA) is 81.5 Å². The van der Waals surface area contributed by atoms with E-state index < -0.39 is 11.0 Å². The number of nitro groups is 1. The number of nitrogens with zero attached hydrogens (tertiary/aromatic N) is 1. The molecule has 1 amide bonds. The fraction of sp³-hybridized carbons (Fsp3) is 0.125. The molecule has 0 aliphatic carbocycles. The third kappa shape index (κ3) is 3.17. The summed E-state index contributed by atoms with van der Waals surface area (Å²) in [6, 6.07) is 1.43. The van der Waals surface area contributed by atoms with Gasteiger partial charge in [-0.3, -0.25) is 10.1 Å². The molecule has 0 aliphatic heterocycles. The molecule has 0 saturated carbocycles. The van der Waals surface area contributed by atoms with E-state index >= 15 is 0 Å². The maximum atomic E-state index is 11.1. The van der Waals surface area contributed by atoms with Crippen LogP contribution in [0.15, 0.2) is 19.5 Å². The van der Waals surface area contributed by atoms with Crippen LogP contribution in [-0.2, 0) is 0 Å². The number of hydrogen-bond acceptors (Lipinski definition) is 4. The van der Waals surface area contributed by atoms with Gasteiger partial charge in [0.25, 0.3) is 0 Å². The normalized spacial score (nSPS) is 9.88. The van der Waals surface area contributed by atoms with Crippen LogP contribution in [0.5, 0.6) is 5.75 Å². The fourth-order valence-corrected chi connectivity index (χ4v) is 3.54. The first kappa shape index (κ1) is 14.4. The number of nitrogens with one attached hydrogen (secondary N) is 1. The molecule has 92 valence electrons. The van der Waals surface area contributed by atoms with Gasteiger partial charge in [-0.25, -0.2) is 4.79 Å². The zero-order chi connectivity index (χ0) is 13.2. The number of nitro benzene ring substituents is 1. The minimum absolute atomic E-state index is 0.0410. The number of carbonyl (C=O) groups excluding carboxylic acids is 1. The summed E-state index contributed by atoms with van der Waals surface area (Å²) in [5.41, 5.74) is -0.216. The molecular formula is C8H5Br3N2O4. The third-order valence-electron chi connectivity index (χ3n) is 1.69. The Bertz CT molecular complexity index is 492. The summed E-state index contributed by atoms with van der Waals surface area (Å²) in [7, 11) is 1.39. The number of halogens is 3. The summed E-state index contributed by atoms with van der Waals surface area (Å²) >= 11 is 9.24. The second-order valence-electron chi connectivity index (χ2n) is 2.73. The molecule has 17 heavy (non-hydrogen) atoms. The molecule has 0 radical (unpaired) electrons. The lowest BCUT2D eigenvalue weighted by molar-refractivity contribution is -0.386. The number of amides is 1. The molecule has 0 saturated heterocycles. The number of rotatable bonds is 2. The van der Waals surface area contributed by atoms with Gasteiger partial charge in [-0.15, -0.1) is 0 Å². The van der Waals surface area contributed by atoms with Crippen molar-refractivity contribution in [2.75, 3.05) is 7.05 Å². The predicted octanol–water partition coefficient (Wildman–Crippen LogP) is 3.60. The second kappa shape index (κ2) is 5.78. The summed E-state index contributed by atoms with van der Waals surface area (Å²) in [6.07, 6.45) is -0.719. The molecule has 0 spiro atoms. The zero-order valence-electron chi connectivity index (χ0n) is 8.29. The van der Waals surface area contributed by atoms with Crippen molar-refractivity contribution in [1.29, 1.82) is 0 Å². The lowest BCUT2D eigenvalue weighted by Crippen LogP contribution is -2.22. The Labute approximate surface area is 121 Å². The third-order valence-corrected chi connectivity index (χ3v) is 3.61. The van der Waals surface area contributed by atoms with Crippen molar-refractivity contribution in [2.45, 2.75) is 0 Å². The summed E-state index contributed by atoms with van der Waals surface area (Å²) in [6.45, 7) is 0. The Balaban J connectivity index is 3.35. The van der Waals surface area contributed by atoms with Gasteiger partial charge in [0.2, 0.25) is 0 Å². The summed E-state index contributed by atoms with van der Waals surface area (Å²) < 4.78 is 5.65. The monoisotopic (exact) mass is 430 g/mol. The van der Waals surface area contributed by atoms with Gasteiger partial charge in [0.15, 0.2) is 5.75 Å². The zero-order valence-corrected chi connectivity index (χ0v) is 13.0. The number of ether oxygens (including phenoxy) is 1. The Hall–Kier alpha value is -0.670. The van der Waals surface area contributed by atoms with E-state index in [0.717, 1.165) is 0 Å². The minimum atomic E-state index is -0.719. The van der Waals surface area contributed by atoms with Crippen LogP contribution in [0.2, 0.25) is 0 Å². The standard InChI is InChI=1S/C8H5Br3N2O4/c1-12-8(14)17-7-4(10)2-3(9)6(5(7)11)13(15)16/h2H,1H3,(H,12,14).